The molecule has 0 spiro atoms. The highest BCUT2D eigenvalue weighted by atomic mass is 32.1. The Hall–Kier alpha value is -2.54. The summed E-state index contributed by atoms with van der Waals surface area (Å²) < 4.78 is 1.99. The summed E-state index contributed by atoms with van der Waals surface area (Å²) in [5.74, 6) is 1.22. The molecule has 0 bridgehead atoms. The van der Waals surface area contributed by atoms with Crippen molar-refractivity contribution in [3.05, 3.63) is 41.2 Å². The van der Waals surface area contributed by atoms with E-state index in [1.165, 1.54) is 24.5 Å². The van der Waals surface area contributed by atoms with E-state index in [2.05, 4.69) is 15.3 Å². The Morgan fingerprint density at radius 3 is 2.83 bits per heavy atom. The van der Waals surface area contributed by atoms with Crippen LogP contribution in [0.25, 0.3) is 11.0 Å². The molecule has 1 aromatic carbocycles. The fourth-order valence-electron chi connectivity index (χ4n) is 2.71. The van der Waals surface area contributed by atoms with Crippen LogP contribution in [0.4, 0.5) is 5.13 Å². The molecule has 1 aliphatic rings. The number of rotatable bonds is 5. The number of hydrogen-bond donors (Lipinski definition) is 1. The zero-order valence-electron chi connectivity index (χ0n) is 13.2. The van der Waals surface area contributed by atoms with Crippen LogP contribution in [0.15, 0.2) is 30.5 Å². The Morgan fingerprint density at radius 1 is 1.33 bits per heavy atom. The van der Waals surface area contributed by atoms with Gasteiger partial charge in [-0.15, -0.1) is 0 Å². The molecule has 0 saturated heterocycles. The van der Waals surface area contributed by atoms with Crippen molar-refractivity contribution in [2.45, 2.75) is 32.2 Å². The number of imidazole rings is 1. The Labute approximate surface area is 142 Å². The van der Waals surface area contributed by atoms with E-state index in [1.807, 2.05) is 28.8 Å². The quantitative estimate of drug-likeness (QED) is 0.724. The van der Waals surface area contributed by atoms with Gasteiger partial charge < -0.3 is 9.88 Å². The molecule has 2 aromatic heterocycles. The highest BCUT2D eigenvalue weighted by Gasteiger charge is 2.30. The van der Waals surface area contributed by atoms with Crippen molar-refractivity contribution in [1.82, 2.24) is 14.5 Å². The highest BCUT2D eigenvalue weighted by Crippen LogP contribution is 2.40. The minimum atomic E-state index is -0.162. The molecule has 6 nitrogen and oxygen atoms in total. The maximum absolute atomic E-state index is 12.4. The zero-order chi connectivity index (χ0) is 16.7. The number of Topliss-reactive ketones (excluding diaryl/α,β-unsaturated/α-hetero) is 1. The van der Waals surface area contributed by atoms with E-state index in [9.17, 15) is 9.59 Å². The molecule has 1 saturated carbocycles. The highest BCUT2D eigenvalue weighted by molar-refractivity contribution is 7.17. The number of hydrogen-bond acceptors (Lipinski definition) is 5. The van der Waals surface area contributed by atoms with Gasteiger partial charge in [0.05, 0.1) is 22.1 Å². The number of anilines is 1. The number of aromatic nitrogens is 3. The molecular formula is C17H16N4O2S. The fourth-order valence-corrected chi connectivity index (χ4v) is 3.44. The van der Waals surface area contributed by atoms with Gasteiger partial charge in [-0.3, -0.25) is 9.59 Å². The van der Waals surface area contributed by atoms with Gasteiger partial charge in [0, 0.05) is 12.8 Å². The molecule has 0 radical (unpaired) electrons. The van der Waals surface area contributed by atoms with Crippen LogP contribution in [-0.2, 0) is 11.3 Å². The third-order valence-corrected chi connectivity index (χ3v) is 5.04. The Morgan fingerprint density at radius 2 is 2.12 bits per heavy atom. The minimum Gasteiger partial charge on any atom is -0.318 e. The average Bonchev–Trinajstić information content (AvgIpc) is 3.19. The summed E-state index contributed by atoms with van der Waals surface area (Å²) in [4.78, 5) is 33.0. The maximum Gasteiger partial charge on any atom is 0.246 e. The number of para-hydroxylation sites is 2. The predicted molar refractivity (Wildman–Crippen MR) is 92.5 cm³/mol. The van der Waals surface area contributed by atoms with Gasteiger partial charge in [0.25, 0.3) is 0 Å². The lowest BCUT2D eigenvalue weighted by Gasteiger charge is -2.08. The van der Waals surface area contributed by atoms with Crippen LogP contribution >= 0.6 is 11.3 Å². The third kappa shape index (κ3) is 2.82. The predicted octanol–water partition coefficient (Wildman–Crippen LogP) is 3.21. The van der Waals surface area contributed by atoms with Gasteiger partial charge in [0.15, 0.2) is 10.9 Å². The zero-order valence-corrected chi connectivity index (χ0v) is 14.0. The molecule has 3 aromatic rings. The molecule has 0 aliphatic heterocycles. The topological polar surface area (TPSA) is 76.9 Å². The first-order valence-corrected chi connectivity index (χ1v) is 8.65. The lowest BCUT2D eigenvalue weighted by atomic mass is 10.3. The normalized spacial score (nSPS) is 14.0. The van der Waals surface area contributed by atoms with Gasteiger partial charge in [-0.05, 0) is 25.0 Å². The number of nitrogens with zero attached hydrogens (tertiary/aromatic N) is 3. The summed E-state index contributed by atoms with van der Waals surface area (Å²) in [6.45, 7) is 1.68. The van der Waals surface area contributed by atoms with Crippen molar-refractivity contribution in [3.8, 4) is 0 Å². The van der Waals surface area contributed by atoms with E-state index in [-0.39, 0.29) is 18.2 Å². The first-order valence-electron chi connectivity index (χ1n) is 7.83. The van der Waals surface area contributed by atoms with Crippen LogP contribution in [0.1, 0.15) is 41.2 Å². The first kappa shape index (κ1) is 15.0. The monoisotopic (exact) mass is 340 g/mol. The molecule has 1 aliphatic carbocycles. The summed E-state index contributed by atoms with van der Waals surface area (Å²) >= 11 is 1.19. The van der Waals surface area contributed by atoms with E-state index in [1.54, 1.807) is 0 Å². The molecule has 0 atom stereocenters. The van der Waals surface area contributed by atoms with Crippen LogP contribution in [-0.4, -0.2) is 26.2 Å². The summed E-state index contributed by atoms with van der Waals surface area (Å²) in [5, 5.41) is 3.22. The van der Waals surface area contributed by atoms with E-state index in [0.29, 0.717) is 15.9 Å². The first-order chi connectivity index (χ1) is 11.6. The molecular weight excluding hydrogens is 324 g/mol. The number of carbonyl (C=O) groups excluding carboxylic acids is 2. The molecule has 4 rings (SSSR count). The number of benzene rings is 1. The van der Waals surface area contributed by atoms with Gasteiger partial charge in [-0.25, -0.2) is 9.97 Å². The third-order valence-electron chi connectivity index (χ3n) is 4.03. The van der Waals surface area contributed by atoms with E-state index < -0.39 is 0 Å². The summed E-state index contributed by atoms with van der Waals surface area (Å²) in [7, 11) is 0. The van der Waals surface area contributed by atoms with Gasteiger partial charge in [-0.1, -0.05) is 23.5 Å². The second kappa shape index (κ2) is 5.83. The summed E-state index contributed by atoms with van der Waals surface area (Å²) in [5.41, 5.74) is 1.89. The van der Waals surface area contributed by atoms with Crippen molar-refractivity contribution in [3.63, 3.8) is 0 Å². The van der Waals surface area contributed by atoms with Crippen LogP contribution in [0.5, 0.6) is 0 Å². The Balaban J connectivity index is 1.57. The van der Waals surface area contributed by atoms with E-state index in [0.717, 1.165) is 29.7 Å². The van der Waals surface area contributed by atoms with E-state index >= 15 is 0 Å². The van der Waals surface area contributed by atoms with Crippen molar-refractivity contribution >= 4 is 39.2 Å². The van der Waals surface area contributed by atoms with Crippen LogP contribution < -0.4 is 5.32 Å². The lowest BCUT2D eigenvalue weighted by Crippen LogP contribution is -2.19. The Bertz CT molecular complexity index is 939. The van der Waals surface area contributed by atoms with Crippen molar-refractivity contribution in [1.29, 1.82) is 0 Å². The van der Waals surface area contributed by atoms with Gasteiger partial charge >= 0.3 is 0 Å². The molecule has 24 heavy (non-hydrogen) atoms. The number of fused-ring (bicyclic) bond motifs is 1. The van der Waals surface area contributed by atoms with Gasteiger partial charge in [0.1, 0.15) is 12.4 Å². The van der Waals surface area contributed by atoms with Crippen molar-refractivity contribution in [2.24, 2.45) is 0 Å². The fraction of sp³-hybridized carbons (Fsp3) is 0.294. The number of carbonyl (C=O) groups is 2. The minimum absolute atomic E-state index is 0.0513. The van der Waals surface area contributed by atoms with Crippen LogP contribution in [0, 0.1) is 0 Å². The number of ketones is 1. The molecule has 0 unspecified atom stereocenters. The van der Waals surface area contributed by atoms with Gasteiger partial charge in [-0.2, -0.15) is 0 Å². The molecule has 1 amide bonds. The molecule has 1 N–H and O–H groups in total. The standard InChI is InChI=1S/C17H16N4O2S/c1-10(22)14-8-18-17(24-14)20-15(23)9-21-13-5-3-2-4-12(13)19-16(21)11-6-7-11/h2-5,8,11H,6-7,9H2,1H3,(H,18,20,23). The maximum atomic E-state index is 12.4. The Kier molecular flexibility index (Phi) is 3.65. The lowest BCUT2D eigenvalue weighted by molar-refractivity contribution is -0.116. The molecule has 2 heterocycles. The largest absolute Gasteiger partial charge is 0.318 e. The van der Waals surface area contributed by atoms with Gasteiger partial charge in [0.2, 0.25) is 5.91 Å². The SMILES string of the molecule is CC(=O)c1cnc(NC(=O)Cn2c(C3CC3)nc3ccccc32)s1. The van der Waals surface area contributed by atoms with E-state index in [4.69, 9.17) is 0 Å². The smallest absolute Gasteiger partial charge is 0.246 e. The van der Waals surface area contributed by atoms with Crippen molar-refractivity contribution < 1.29 is 9.59 Å². The molecule has 122 valence electrons. The van der Waals surface area contributed by atoms with Crippen LogP contribution in [0.2, 0.25) is 0 Å². The number of thiazole rings is 1. The summed E-state index contributed by atoms with van der Waals surface area (Å²) in [6, 6.07) is 7.86. The van der Waals surface area contributed by atoms with Crippen LogP contribution in [0.3, 0.4) is 0 Å². The second-order valence-corrected chi connectivity index (χ2v) is 6.98. The average molecular weight is 340 g/mol. The van der Waals surface area contributed by atoms with Crippen molar-refractivity contribution in [2.75, 3.05) is 5.32 Å². The number of amides is 1. The number of nitrogens with one attached hydrogen (secondary N) is 1. The molecule has 7 heteroatoms. The second-order valence-electron chi connectivity index (χ2n) is 5.95. The summed E-state index contributed by atoms with van der Waals surface area (Å²) in [6.07, 6.45) is 3.74. The molecule has 1 fully saturated rings.